The lowest BCUT2D eigenvalue weighted by molar-refractivity contribution is -0.118. The van der Waals surface area contributed by atoms with Crippen LogP contribution in [0.4, 0.5) is 0 Å². The number of carbonyl (C=O) groups excluding carboxylic acids is 1. The van der Waals surface area contributed by atoms with Gasteiger partial charge in [-0.3, -0.25) is 4.79 Å². The minimum atomic E-state index is 0.116. The van der Waals surface area contributed by atoms with Crippen LogP contribution in [0.15, 0.2) is 24.3 Å². The van der Waals surface area contributed by atoms with E-state index in [1.54, 1.807) is 0 Å². The topological polar surface area (TPSA) is 29.1 Å². The molecule has 0 spiro atoms. The van der Waals surface area contributed by atoms with Crippen LogP contribution in [-0.4, -0.2) is 12.5 Å². The maximum atomic E-state index is 11.2. The van der Waals surface area contributed by atoms with E-state index in [9.17, 15) is 4.79 Å². The molecule has 0 aromatic heterocycles. The van der Waals surface area contributed by atoms with Crippen molar-refractivity contribution in [1.82, 2.24) is 5.32 Å². The maximum Gasteiger partial charge on any atom is 0.246 e. The van der Waals surface area contributed by atoms with Crippen molar-refractivity contribution in [3.8, 4) is 0 Å². The van der Waals surface area contributed by atoms with Gasteiger partial charge in [-0.05, 0) is 25.7 Å². The van der Waals surface area contributed by atoms with E-state index in [1.807, 2.05) is 12.2 Å². The van der Waals surface area contributed by atoms with Gasteiger partial charge in [0.05, 0.1) is 0 Å². The highest BCUT2D eigenvalue weighted by atomic mass is 16.1. The molecule has 0 aromatic rings. The Morgan fingerprint density at radius 3 is 3.00 bits per heavy atom. The summed E-state index contributed by atoms with van der Waals surface area (Å²) in [7, 11) is 0. The second-order valence-electron chi connectivity index (χ2n) is 2.95. The first kappa shape index (κ1) is 9.04. The first-order chi connectivity index (χ1) is 5.84. The summed E-state index contributed by atoms with van der Waals surface area (Å²) >= 11 is 0. The monoisotopic (exact) mass is 165 g/mol. The summed E-state index contributed by atoms with van der Waals surface area (Å²) in [5.41, 5.74) is 0.947. The van der Waals surface area contributed by atoms with Crippen LogP contribution in [0, 0.1) is 0 Å². The molecule has 2 nitrogen and oxygen atoms in total. The van der Waals surface area contributed by atoms with Gasteiger partial charge >= 0.3 is 0 Å². The lowest BCUT2D eigenvalue weighted by Crippen LogP contribution is -2.30. The molecule has 1 heterocycles. The Balaban J connectivity index is 2.41. The van der Waals surface area contributed by atoms with Crippen molar-refractivity contribution in [2.75, 3.05) is 6.54 Å². The lowest BCUT2D eigenvalue weighted by atomic mass is 10.0. The molecule has 1 fully saturated rings. The SMILES string of the molecule is C=CCC/C=C1\CCCNC1=O. The fourth-order valence-electron chi connectivity index (χ4n) is 1.28. The summed E-state index contributed by atoms with van der Waals surface area (Å²) in [5.74, 6) is 0.116. The smallest absolute Gasteiger partial charge is 0.246 e. The predicted molar refractivity (Wildman–Crippen MR) is 49.8 cm³/mol. The molecule has 0 saturated carbocycles. The normalized spacial score (nSPS) is 20.7. The second-order valence-corrected chi connectivity index (χ2v) is 2.95. The van der Waals surface area contributed by atoms with Gasteiger partial charge < -0.3 is 5.32 Å². The first-order valence-electron chi connectivity index (χ1n) is 4.42. The van der Waals surface area contributed by atoms with Gasteiger partial charge in [-0.1, -0.05) is 12.2 Å². The van der Waals surface area contributed by atoms with Gasteiger partial charge in [0.2, 0.25) is 5.91 Å². The van der Waals surface area contributed by atoms with Gasteiger partial charge in [-0.15, -0.1) is 6.58 Å². The van der Waals surface area contributed by atoms with Crippen molar-refractivity contribution in [1.29, 1.82) is 0 Å². The average molecular weight is 165 g/mol. The zero-order valence-corrected chi connectivity index (χ0v) is 7.31. The largest absolute Gasteiger partial charge is 0.352 e. The molecule has 2 heteroatoms. The number of hydrogen-bond acceptors (Lipinski definition) is 1. The molecular formula is C10H15NO. The molecule has 0 unspecified atom stereocenters. The van der Waals surface area contributed by atoms with Gasteiger partial charge in [0, 0.05) is 12.1 Å². The molecule has 1 N–H and O–H groups in total. The van der Waals surface area contributed by atoms with Crippen molar-refractivity contribution >= 4 is 5.91 Å². The fraction of sp³-hybridized carbons (Fsp3) is 0.500. The molecule has 0 aromatic carbocycles. The lowest BCUT2D eigenvalue weighted by Gasteiger charge is -2.14. The third kappa shape index (κ3) is 2.53. The van der Waals surface area contributed by atoms with E-state index in [4.69, 9.17) is 0 Å². The summed E-state index contributed by atoms with van der Waals surface area (Å²) in [6.45, 7) is 4.46. The van der Waals surface area contributed by atoms with E-state index in [0.717, 1.165) is 37.8 Å². The van der Waals surface area contributed by atoms with Crippen LogP contribution in [0.5, 0.6) is 0 Å². The highest BCUT2D eigenvalue weighted by Crippen LogP contribution is 2.11. The summed E-state index contributed by atoms with van der Waals surface area (Å²) in [4.78, 5) is 11.2. The third-order valence-electron chi connectivity index (χ3n) is 1.96. The molecule has 0 radical (unpaired) electrons. The van der Waals surface area contributed by atoms with Gasteiger partial charge in [0.25, 0.3) is 0 Å². The van der Waals surface area contributed by atoms with Crippen LogP contribution in [0.1, 0.15) is 25.7 Å². The van der Waals surface area contributed by atoms with Gasteiger partial charge in [0.15, 0.2) is 0 Å². The van der Waals surface area contributed by atoms with Crippen LogP contribution in [0.2, 0.25) is 0 Å². The summed E-state index contributed by atoms with van der Waals surface area (Å²) in [5, 5.41) is 2.83. The van der Waals surface area contributed by atoms with E-state index in [1.165, 1.54) is 0 Å². The molecule has 0 aliphatic carbocycles. The molecule has 1 rings (SSSR count). The van der Waals surface area contributed by atoms with Crippen LogP contribution < -0.4 is 5.32 Å². The number of amides is 1. The second kappa shape index (κ2) is 4.75. The quantitative estimate of drug-likeness (QED) is 0.385. The molecule has 1 aliphatic heterocycles. The third-order valence-corrected chi connectivity index (χ3v) is 1.96. The predicted octanol–water partition coefficient (Wildman–Crippen LogP) is 1.79. The van der Waals surface area contributed by atoms with Crippen molar-refractivity contribution in [2.45, 2.75) is 25.7 Å². The Morgan fingerprint density at radius 1 is 1.50 bits per heavy atom. The molecule has 0 atom stereocenters. The van der Waals surface area contributed by atoms with E-state index >= 15 is 0 Å². The highest BCUT2D eigenvalue weighted by Gasteiger charge is 2.12. The van der Waals surface area contributed by atoms with E-state index < -0.39 is 0 Å². The number of rotatable bonds is 3. The Labute approximate surface area is 73.4 Å². The van der Waals surface area contributed by atoms with Crippen molar-refractivity contribution < 1.29 is 4.79 Å². The molecule has 1 amide bonds. The Bertz CT molecular complexity index is 206. The van der Waals surface area contributed by atoms with Gasteiger partial charge in [-0.25, -0.2) is 0 Å². The van der Waals surface area contributed by atoms with Crippen LogP contribution in [0.3, 0.4) is 0 Å². The molecule has 0 bridgehead atoms. The van der Waals surface area contributed by atoms with Crippen LogP contribution >= 0.6 is 0 Å². The number of allylic oxidation sites excluding steroid dienone is 2. The maximum absolute atomic E-state index is 11.2. The minimum absolute atomic E-state index is 0.116. The molecule has 66 valence electrons. The standard InChI is InChI=1S/C10H15NO/c1-2-3-4-6-9-7-5-8-11-10(9)12/h2,6H,1,3-5,7-8H2,(H,11,12)/b9-6+. The summed E-state index contributed by atoms with van der Waals surface area (Å²) < 4.78 is 0. The number of unbranched alkanes of at least 4 members (excludes halogenated alkanes) is 1. The Hall–Kier alpha value is -1.05. The Morgan fingerprint density at radius 2 is 2.33 bits per heavy atom. The van der Waals surface area contributed by atoms with Crippen molar-refractivity contribution in [2.24, 2.45) is 0 Å². The fourth-order valence-corrected chi connectivity index (χ4v) is 1.28. The highest BCUT2D eigenvalue weighted by molar-refractivity contribution is 5.93. The van der Waals surface area contributed by atoms with Gasteiger partial charge in [0.1, 0.15) is 0 Å². The minimum Gasteiger partial charge on any atom is -0.352 e. The zero-order chi connectivity index (χ0) is 8.81. The van der Waals surface area contributed by atoms with Crippen LogP contribution in [-0.2, 0) is 4.79 Å². The number of piperidine rings is 1. The number of hydrogen-bond donors (Lipinski definition) is 1. The number of nitrogens with one attached hydrogen (secondary N) is 1. The Kier molecular flexibility index (Phi) is 3.58. The van der Waals surface area contributed by atoms with E-state index in [-0.39, 0.29) is 5.91 Å². The summed E-state index contributed by atoms with van der Waals surface area (Å²) in [6, 6.07) is 0. The molecular weight excluding hydrogens is 150 g/mol. The molecule has 1 aliphatic rings. The first-order valence-corrected chi connectivity index (χ1v) is 4.42. The molecule has 1 saturated heterocycles. The zero-order valence-electron chi connectivity index (χ0n) is 7.31. The summed E-state index contributed by atoms with van der Waals surface area (Å²) in [6.07, 6.45) is 7.80. The van der Waals surface area contributed by atoms with Crippen molar-refractivity contribution in [3.05, 3.63) is 24.3 Å². The molecule has 12 heavy (non-hydrogen) atoms. The van der Waals surface area contributed by atoms with Crippen molar-refractivity contribution in [3.63, 3.8) is 0 Å². The van der Waals surface area contributed by atoms with Gasteiger partial charge in [-0.2, -0.15) is 0 Å². The van der Waals surface area contributed by atoms with Crippen LogP contribution in [0.25, 0.3) is 0 Å². The average Bonchev–Trinajstić information content (AvgIpc) is 2.09. The number of carbonyl (C=O) groups is 1. The van der Waals surface area contributed by atoms with E-state index in [2.05, 4.69) is 11.9 Å². The van der Waals surface area contributed by atoms with E-state index in [0.29, 0.717) is 0 Å².